The van der Waals surface area contributed by atoms with Crippen LogP contribution in [0.4, 0.5) is 0 Å². The number of hydrogen-bond donors (Lipinski definition) is 1. The highest BCUT2D eigenvalue weighted by Gasteiger charge is 2.23. The van der Waals surface area contributed by atoms with Crippen LogP contribution in [0, 0.1) is 5.92 Å². The molecule has 1 fully saturated rings. The van der Waals surface area contributed by atoms with Crippen LogP contribution in [0.2, 0.25) is 0 Å². The Morgan fingerprint density at radius 3 is 2.71 bits per heavy atom. The van der Waals surface area contributed by atoms with E-state index in [-0.39, 0.29) is 5.91 Å². The lowest BCUT2D eigenvalue weighted by Gasteiger charge is -2.32. The van der Waals surface area contributed by atoms with Gasteiger partial charge in [0.25, 0.3) is 5.91 Å². The third-order valence-corrected chi connectivity index (χ3v) is 4.79. The summed E-state index contributed by atoms with van der Waals surface area (Å²) in [6.07, 6.45) is 2.33. The fourth-order valence-corrected chi connectivity index (χ4v) is 3.67. The largest absolute Gasteiger partial charge is 0.338 e. The summed E-state index contributed by atoms with van der Waals surface area (Å²) in [5, 5.41) is 3.79. The Balaban J connectivity index is 1.98. The van der Waals surface area contributed by atoms with E-state index < -0.39 is 0 Å². The molecule has 1 N–H and O–H groups in total. The summed E-state index contributed by atoms with van der Waals surface area (Å²) in [6.45, 7) is 7.12. The topological polar surface area (TPSA) is 32.3 Å². The van der Waals surface area contributed by atoms with Gasteiger partial charge in [0, 0.05) is 28.8 Å². The van der Waals surface area contributed by atoms with Crippen molar-refractivity contribution in [2.75, 3.05) is 26.7 Å². The van der Waals surface area contributed by atoms with Crippen LogP contribution in [0.5, 0.6) is 0 Å². The number of nitrogens with one attached hydrogen (secondary N) is 1. The maximum atomic E-state index is 12.6. The molecule has 0 spiro atoms. The Labute approximate surface area is 132 Å². The summed E-state index contributed by atoms with van der Waals surface area (Å²) in [7, 11) is 1.98. The first kappa shape index (κ1) is 16.4. The number of benzene rings is 1. The van der Waals surface area contributed by atoms with Crippen LogP contribution in [0.25, 0.3) is 0 Å². The van der Waals surface area contributed by atoms with Gasteiger partial charge in [0.1, 0.15) is 0 Å². The summed E-state index contributed by atoms with van der Waals surface area (Å²) in [6, 6.07) is 8.06. The van der Waals surface area contributed by atoms with Gasteiger partial charge in [0.15, 0.2) is 0 Å². The molecule has 1 aliphatic heterocycles. The summed E-state index contributed by atoms with van der Waals surface area (Å²) < 4.78 is 0. The van der Waals surface area contributed by atoms with Crippen molar-refractivity contribution in [3.8, 4) is 0 Å². The number of rotatable bonds is 5. The summed E-state index contributed by atoms with van der Waals surface area (Å²) in [5.41, 5.74) is 0.813. The highest BCUT2D eigenvalue weighted by atomic mass is 32.2. The lowest BCUT2D eigenvalue weighted by atomic mass is 9.97. The Kier molecular flexibility index (Phi) is 6.12. The quantitative estimate of drug-likeness (QED) is 0.848. The number of thioether (sulfide) groups is 1. The van der Waals surface area contributed by atoms with Gasteiger partial charge in [0.2, 0.25) is 0 Å². The molecule has 0 aliphatic carbocycles. The summed E-state index contributed by atoms with van der Waals surface area (Å²) >= 11 is 1.83. The van der Waals surface area contributed by atoms with Crippen molar-refractivity contribution in [2.24, 2.45) is 5.92 Å². The number of nitrogens with zero attached hydrogens (tertiary/aromatic N) is 1. The van der Waals surface area contributed by atoms with Crippen molar-refractivity contribution in [3.05, 3.63) is 29.8 Å². The monoisotopic (exact) mass is 306 g/mol. The predicted octanol–water partition coefficient (Wildman–Crippen LogP) is 3.26. The number of carbonyl (C=O) groups excluding carboxylic acids is 1. The molecule has 3 nitrogen and oxygen atoms in total. The fraction of sp³-hybridized carbons (Fsp3) is 0.588. The van der Waals surface area contributed by atoms with E-state index in [1.807, 2.05) is 35.8 Å². The third-order valence-electron chi connectivity index (χ3n) is 3.77. The molecule has 1 aromatic rings. The molecule has 1 aliphatic rings. The molecular formula is C17H26N2OS. The minimum Gasteiger partial charge on any atom is -0.338 e. The molecule has 1 saturated heterocycles. The van der Waals surface area contributed by atoms with Crippen molar-refractivity contribution < 1.29 is 4.79 Å². The number of likely N-dealkylation sites (tertiary alicyclic amines) is 1. The molecule has 0 aromatic heterocycles. The molecule has 2 rings (SSSR count). The summed E-state index contributed by atoms with van der Waals surface area (Å²) in [5.74, 6) is 0.764. The average molecular weight is 306 g/mol. The van der Waals surface area contributed by atoms with Gasteiger partial charge in [-0.15, -0.1) is 11.8 Å². The van der Waals surface area contributed by atoms with Crippen LogP contribution in [0.3, 0.4) is 0 Å². The smallest absolute Gasteiger partial charge is 0.253 e. The lowest BCUT2D eigenvalue weighted by Crippen LogP contribution is -2.42. The van der Waals surface area contributed by atoms with Crippen molar-refractivity contribution in [1.82, 2.24) is 10.2 Å². The van der Waals surface area contributed by atoms with Gasteiger partial charge >= 0.3 is 0 Å². The number of carbonyl (C=O) groups is 1. The van der Waals surface area contributed by atoms with E-state index in [1.54, 1.807) is 0 Å². The standard InChI is InChI=1S/C17H26N2OS/c1-13(2)21-16-8-6-15(7-9-16)17(20)19-10-4-5-14(12-19)11-18-3/h6-9,13-14,18H,4-5,10-12H2,1-3H3. The molecule has 4 heteroatoms. The number of hydrogen-bond acceptors (Lipinski definition) is 3. The molecule has 116 valence electrons. The first-order valence-corrected chi connectivity index (χ1v) is 8.68. The molecule has 0 bridgehead atoms. The van der Waals surface area contributed by atoms with Crippen LogP contribution in [0.15, 0.2) is 29.2 Å². The second kappa shape index (κ2) is 7.85. The zero-order valence-electron chi connectivity index (χ0n) is 13.3. The van der Waals surface area contributed by atoms with Gasteiger partial charge < -0.3 is 10.2 Å². The Morgan fingerprint density at radius 2 is 2.10 bits per heavy atom. The normalized spacial score (nSPS) is 19.0. The van der Waals surface area contributed by atoms with Gasteiger partial charge in [-0.2, -0.15) is 0 Å². The van der Waals surface area contributed by atoms with Gasteiger partial charge in [-0.25, -0.2) is 0 Å². The molecule has 0 radical (unpaired) electrons. The van der Waals surface area contributed by atoms with E-state index in [4.69, 9.17) is 0 Å². The molecule has 0 saturated carbocycles. The Morgan fingerprint density at radius 1 is 1.38 bits per heavy atom. The predicted molar refractivity (Wildman–Crippen MR) is 90.0 cm³/mol. The second-order valence-electron chi connectivity index (χ2n) is 6.01. The highest BCUT2D eigenvalue weighted by Crippen LogP contribution is 2.24. The van der Waals surface area contributed by atoms with Crippen molar-refractivity contribution in [3.63, 3.8) is 0 Å². The number of amides is 1. The van der Waals surface area contributed by atoms with Crippen LogP contribution in [0.1, 0.15) is 37.0 Å². The first-order chi connectivity index (χ1) is 10.1. The van der Waals surface area contributed by atoms with E-state index in [1.165, 1.54) is 11.3 Å². The first-order valence-electron chi connectivity index (χ1n) is 7.80. The summed E-state index contributed by atoms with van der Waals surface area (Å²) in [4.78, 5) is 15.8. The zero-order valence-corrected chi connectivity index (χ0v) is 14.1. The molecular weight excluding hydrogens is 280 g/mol. The average Bonchev–Trinajstić information content (AvgIpc) is 2.47. The van der Waals surface area contributed by atoms with Crippen LogP contribution >= 0.6 is 11.8 Å². The lowest BCUT2D eigenvalue weighted by molar-refractivity contribution is 0.0674. The van der Waals surface area contributed by atoms with Crippen molar-refractivity contribution in [2.45, 2.75) is 36.8 Å². The molecule has 1 aromatic carbocycles. The van der Waals surface area contributed by atoms with Crippen molar-refractivity contribution in [1.29, 1.82) is 0 Å². The van der Waals surface area contributed by atoms with Gasteiger partial charge in [0.05, 0.1) is 0 Å². The van der Waals surface area contributed by atoms with Crippen molar-refractivity contribution >= 4 is 17.7 Å². The molecule has 1 unspecified atom stereocenters. The molecule has 1 heterocycles. The van der Waals surface area contributed by atoms with E-state index in [0.29, 0.717) is 11.2 Å². The zero-order chi connectivity index (χ0) is 15.2. The maximum absolute atomic E-state index is 12.6. The Hall–Kier alpha value is -1.00. The second-order valence-corrected chi connectivity index (χ2v) is 7.66. The molecule has 1 atom stereocenters. The van der Waals surface area contributed by atoms with Gasteiger partial charge in [-0.1, -0.05) is 13.8 Å². The van der Waals surface area contributed by atoms with Crippen LogP contribution in [-0.4, -0.2) is 42.7 Å². The van der Waals surface area contributed by atoms with E-state index >= 15 is 0 Å². The van der Waals surface area contributed by atoms with Gasteiger partial charge in [-0.3, -0.25) is 4.79 Å². The minimum absolute atomic E-state index is 0.178. The maximum Gasteiger partial charge on any atom is 0.253 e. The van der Waals surface area contributed by atoms with E-state index in [9.17, 15) is 4.79 Å². The number of piperidine rings is 1. The SMILES string of the molecule is CNCC1CCCN(C(=O)c2ccc(SC(C)C)cc2)C1. The van der Waals surface area contributed by atoms with Crippen LogP contribution < -0.4 is 5.32 Å². The third kappa shape index (κ3) is 4.75. The Bertz CT molecular complexity index is 456. The van der Waals surface area contributed by atoms with E-state index in [2.05, 4.69) is 31.3 Å². The minimum atomic E-state index is 0.178. The van der Waals surface area contributed by atoms with E-state index in [0.717, 1.165) is 31.6 Å². The molecule has 1 amide bonds. The highest BCUT2D eigenvalue weighted by molar-refractivity contribution is 7.99. The molecule has 21 heavy (non-hydrogen) atoms. The van der Waals surface area contributed by atoms with Gasteiger partial charge in [-0.05, 0) is 56.6 Å². The van der Waals surface area contributed by atoms with Crippen LogP contribution in [-0.2, 0) is 0 Å². The fourth-order valence-electron chi connectivity index (χ4n) is 2.84.